The average molecular weight is 399 g/mol. The van der Waals surface area contributed by atoms with Crippen molar-refractivity contribution in [2.45, 2.75) is 24.3 Å². The highest BCUT2D eigenvalue weighted by Crippen LogP contribution is 2.29. The summed E-state index contributed by atoms with van der Waals surface area (Å²) in [6.07, 6.45) is 4.20. The molecule has 0 amide bonds. The van der Waals surface area contributed by atoms with E-state index in [9.17, 15) is 0 Å². The van der Waals surface area contributed by atoms with Gasteiger partial charge in [-0.25, -0.2) is 0 Å². The van der Waals surface area contributed by atoms with E-state index >= 15 is 0 Å². The number of nitrogens with zero attached hydrogens (tertiary/aromatic N) is 6. The molecule has 7 nitrogen and oxygen atoms in total. The van der Waals surface area contributed by atoms with Crippen molar-refractivity contribution in [1.82, 2.24) is 29.9 Å². The molecular formula is C18H15ClN6OS. The second-order valence-electron chi connectivity index (χ2n) is 5.60. The molecule has 0 unspecified atom stereocenters. The topological polar surface area (TPSA) is 82.5 Å². The van der Waals surface area contributed by atoms with E-state index in [-0.39, 0.29) is 0 Å². The highest BCUT2D eigenvalue weighted by atomic mass is 35.5. The summed E-state index contributed by atoms with van der Waals surface area (Å²) >= 11 is 7.53. The van der Waals surface area contributed by atoms with Crippen LogP contribution in [-0.4, -0.2) is 29.9 Å². The standard InChI is InChI=1S/C18H15ClN6OS/c1-2-15-21-16(26-24-15)11-27-18-23-22-17(12-7-9-20-10-8-12)25(18)14-5-3-13(19)4-6-14/h3-10H,2,11H2,1H3. The Morgan fingerprint density at radius 2 is 1.85 bits per heavy atom. The molecule has 0 atom stereocenters. The molecule has 4 aromatic rings. The second-order valence-corrected chi connectivity index (χ2v) is 6.98. The van der Waals surface area contributed by atoms with Crippen molar-refractivity contribution in [3.05, 3.63) is 65.5 Å². The minimum atomic E-state index is 0.509. The van der Waals surface area contributed by atoms with Gasteiger partial charge < -0.3 is 4.52 Å². The van der Waals surface area contributed by atoms with Gasteiger partial charge in [-0.2, -0.15) is 4.98 Å². The number of hydrogen-bond donors (Lipinski definition) is 0. The van der Waals surface area contributed by atoms with Crippen molar-refractivity contribution in [2.75, 3.05) is 0 Å². The van der Waals surface area contributed by atoms with Gasteiger partial charge in [0.1, 0.15) is 0 Å². The van der Waals surface area contributed by atoms with Crippen LogP contribution in [0.2, 0.25) is 5.02 Å². The number of aromatic nitrogens is 6. The molecule has 136 valence electrons. The van der Waals surface area contributed by atoms with E-state index < -0.39 is 0 Å². The largest absolute Gasteiger partial charge is 0.338 e. The minimum absolute atomic E-state index is 0.509. The number of rotatable bonds is 6. The van der Waals surface area contributed by atoms with E-state index in [1.165, 1.54) is 11.8 Å². The van der Waals surface area contributed by atoms with Gasteiger partial charge in [0.15, 0.2) is 16.8 Å². The smallest absolute Gasteiger partial charge is 0.237 e. The fraction of sp³-hybridized carbons (Fsp3) is 0.167. The van der Waals surface area contributed by atoms with Crippen molar-refractivity contribution in [2.24, 2.45) is 0 Å². The van der Waals surface area contributed by atoms with Crippen molar-refractivity contribution in [1.29, 1.82) is 0 Å². The fourth-order valence-corrected chi connectivity index (χ4v) is 3.41. The average Bonchev–Trinajstić information content (AvgIpc) is 3.34. The highest BCUT2D eigenvalue weighted by Gasteiger charge is 2.17. The van der Waals surface area contributed by atoms with Gasteiger partial charge in [0.25, 0.3) is 0 Å². The van der Waals surface area contributed by atoms with Gasteiger partial charge in [-0.1, -0.05) is 35.4 Å². The first-order valence-electron chi connectivity index (χ1n) is 8.30. The molecule has 27 heavy (non-hydrogen) atoms. The van der Waals surface area contributed by atoms with Gasteiger partial charge in [-0.05, 0) is 36.4 Å². The first-order valence-corrected chi connectivity index (χ1v) is 9.67. The van der Waals surface area contributed by atoms with Crippen LogP contribution < -0.4 is 0 Å². The molecule has 1 aromatic carbocycles. The summed E-state index contributed by atoms with van der Waals surface area (Å²) in [6, 6.07) is 11.3. The van der Waals surface area contributed by atoms with Crippen LogP contribution >= 0.6 is 23.4 Å². The van der Waals surface area contributed by atoms with Crippen molar-refractivity contribution in [3.63, 3.8) is 0 Å². The van der Waals surface area contributed by atoms with E-state index in [1.54, 1.807) is 12.4 Å². The maximum absolute atomic E-state index is 6.05. The molecule has 0 spiro atoms. The third kappa shape index (κ3) is 3.86. The lowest BCUT2D eigenvalue weighted by Crippen LogP contribution is -2.00. The molecule has 0 fully saturated rings. The van der Waals surface area contributed by atoms with Crippen LogP contribution in [0.5, 0.6) is 0 Å². The molecule has 3 heterocycles. The molecular weight excluding hydrogens is 384 g/mol. The molecule has 0 saturated heterocycles. The summed E-state index contributed by atoms with van der Waals surface area (Å²) in [5.41, 5.74) is 1.84. The Hall–Kier alpha value is -2.71. The molecule has 0 aliphatic carbocycles. The zero-order valence-electron chi connectivity index (χ0n) is 14.4. The van der Waals surface area contributed by atoms with E-state index in [0.717, 1.165) is 28.7 Å². The lowest BCUT2D eigenvalue weighted by atomic mass is 10.2. The maximum atomic E-state index is 6.05. The summed E-state index contributed by atoms with van der Waals surface area (Å²) in [5, 5.41) is 14.1. The van der Waals surface area contributed by atoms with Crippen LogP contribution in [0.4, 0.5) is 0 Å². The zero-order chi connectivity index (χ0) is 18.6. The molecule has 0 aliphatic heterocycles. The third-order valence-corrected chi connectivity index (χ3v) is 4.97. The van der Waals surface area contributed by atoms with E-state index in [4.69, 9.17) is 16.1 Å². The number of halogens is 1. The first-order chi connectivity index (χ1) is 13.2. The van der Waals surface area contributed by atoms with Crippen LogP contribution in [0, 0.1) is 0 Å². The quantitative estimate of drug-likeness (QED) is 0.449. The monoisotopic (exact) mass is 398 g/mol. The highest BCUT2D eigenvalue weighted by molar-refractivity contribution is 7.98. The molecule has 0 radical (unpaired) electrons. The van der Waals surface area contributed by atoms with Crippen molar-refractivity contribution >= 4 is 23.4 Å². The molecule has 4 rings (SSSR count). The lowest BCUT2D eigenvalue weighted by molar-refractivity contribution is 0.385. The van der Waals surface area contributed by atoms with Gasteiger partial charge in [0.2, 0.25) is 5.89 Å². The number of thioether (sulfide) groups is 1. The normalized spacial score (nSPS) is 11.0. The van der Waals surface area contributed by atoms with Gasteiger partial charge in [0.05, 0.1) is 5.75 Å². The number of pyridine rings is 1. The first kappa shape index (κ1) is 17.7. The van der Waals surface area contributed by atoms with Crippen LogP contribution in [0.3, 0.4) is 0 Å². The van der Waals surface area contributed by atoms with Crippen LogP contribution in [0.15, 0.2) is 58.5 Å². The fourth-order valence-electron chi connectivity index (χ4n) is 2.49. The Balaban J connectivity index is 1.70. The van der Waals surface area contributed by atoms with Crippen molar-refractivity contribution in [3.8, 4) is 17.1 Å². The molecule has 0 bridgehead atoms. The van der Waals surface area contributed by atoms with Crippen LogP contribution in [0.1, 0.15) is 18.6 Å². The van der Waals surface area contributed by atoms with Gasteiger partial charge in [0, 0.05) is 35.1 Å². The maximum Gasteiger partial charge on any atom is 0.237 e. The van der Waals surface area contributed by atoms with Gasteiger partial charge in [-0.15, -0.1) is 10.2 Å². The summed E-state index contributed by atoms with van der Waals surface area (Å²) in [5.74, 6) is 2.49. The van der Waals surface area contributed by atoms with E-state index in [0.29, 0.717) is 22.5 Å². The second kappa shape index (κ2) is 7.89. The van der Waals surface area contributed by atoms with Crippen molar-refractivity contribution < 1.29 is 4.52 Å². The number of aryl methyl sites for hydroxylation is 1. The van der Waals surface area contributed by atoms with Crippen LogP contribution in [0.25, 0.3) is 17.1 Å². The Morgan fingerprint density at radius 3 is 2.56 bits per heavy atom. The Morgan fingerprint density at radius 1 is 1.07 bits per heavy atom. The Labute approximate surface area is 164 Å². The Kier molecular flexibility index (Phi) is 5.17. The van der Waals surface area contributed by atoms with Gasteiger partial charge in [-0.3, -0.25) is 9.55 Å². The summed E-state index contributed by atoms with van der Waals surface area (Å²) in [6.45, 7) is 1.99. The molecule has 3 aromatic heterocycles. The summed E-state index contributed by atoms with van der Waals surface area (Å²) in [7, 11) is 0. The van der Waals surface area contributed by atoms with Gasteiger partial charge >= 0.3 is 0 Å². The predicted molar refractivity (Wildman–Crippen MR) is 103 cm³/mol. The SMILES string of the molecule is CCc1noc(CSc2nnc(-c3ccncc3)n2-c2ccc(Cl)cc2)n1. The lowest BCUT2D eigenvalue weighted by Gasteiger charge is -2.10. The zero-order valence-corrected chi connectivity index (χ0v) is 16.0. The van der Waals surface area contributed by atoms with E-state index in [1.807, 2.05) is 47.9 Å². The molecule has 0 saturated carbocycles. The van der Waals surface area contributed by atoms with Crippen LogP contribution in [-0.2, 0) is 12.2 Å². The number of benzene rings is 1. The van der Waals surface area contributed by atoms with E-state index in [2.05, 4.69) is 25.3 Å². The molecule has 9 heteroatoms. The third-order valence-electron chi connectivity index (χ3n) is 3.81. The number of hydrogen-bond acceptors (Lipinski definition) is 7. The minimum Gasteiger partial charge on any atom is -0.338 e. The summed E-state index contributed by atoms with van der Waals surface area (Å²) in [4.78, 5) is 8.41. The molecule has 0 aliphatic rings. The predicted octanol–water partition coefficient (Wildman–Crippen LogP) is 4.22. The Bertz CT molecular complexity index is 1030. The summed E-state index contributed by atoms with van der Waals surface area (Å²) < 4.78 is 7.24. The molecule has 0 N–H and O–H groups in total.